The minimum Gasteiger partial charge on any atom is -0.228 e. The fraction of sp³-hybridized carbons (Fsp3) is 0.300. The van der Waals surface area contributed by atoms with Crippen LogP contribution in [0, 0.1) is 11.3 Å². The maximum atomic E-state index is 11.5. The van der Waals surface area contributed by atoms with Crippen LogP contribution in [0.25, 0.3) is 0 Å². The predicted octanol–water partition coefficient (Wildman–Crippen LogP) is 0.173. The number of sulfonamides is 1. The van der Waals surface area contributed by atoms with E-state index >= 15 is 0 Å². The Morgan fingerprint density at radius 3 is 2.22 bits per heavy atom. The first-order valence-electron chi connectivity index (χ1n) is 4.86. The van der Waals surface area contributed by atoms with Gasteiger partial charge in [-0.3, -0.25) is 0 Å². The summed E-state index contributed by atoms with van der Waals surface area (Å²) in [6.45, 7) is 0. The summed E-state index contributed by atoms with van der Waals surface area (Å²) in [6.07, 6.45) is 0.816. The van der Waals surface area contributed by atoms with Crippen LogP contribution in [0.3, 0.4) is 0 Å². The van der Waals surface area contributed by atoms with Crippen LogP contribution in [0.5, 0.6) is 0 Å². The molecule has 1 aromatic carbocycles. The molecule has 0 aromatic heterocycles. The number of benzene rings is 1. The summed E-state index contributed by atoms with van der Waals surface area (Å²) in [7, 11) is -7.74. The smallest absolute Gasteiger partial charge is 0.227 e. The van der Waals surface area contributed by atoms with E-state index in [1.807, 2.05) is 4.72 Å². The van der Waals surface area contributed by atoms with E-state index < -0.39 is 31.0 Å². The van der Waals surface area contributed by atoms with Crippen molar-refractivity contribution in [3.8, 4) is 6.07 Å². The average Bonchev–Trinajstić information content (AvgIpc) is 2.24. The lowest BCUT2D eigenvalue weighted by atomic mass is 10.1. The van der Waals surface area contributed by atoms with Gasteiger partial charge in [0.25, 0.3) is 0 Å². The number of sulfone groups is 1. The molecule has 1 aromatic rings. The average molecular weight is 288 g/mol. The van der Waals surface area contributed by atoms with Crippen LogP contribution in [-0.2, 0) is 19.9 Å². The van der Waals surface area contributed by atoms with Crippen molar-refractivity contribution in [3.05, 3.63) is 35.9 Å². The molecule has 1 atom stereocenters. The summed E-state index contributed by atoms with van der Waals surface area (Å²) in [5.41, 5.74) is 0.456. The number of hydrogen-bond donors (Lipinski definition) is 1. The second kappa shape index (κ2) is 5.48. The summed E-state index contributed by atoms with van der Waals surface area (Å²) in [5.74, 6) is 0. The van der Waals surface area contributed by atoms with Crippen molar-refractivity contribution in [2.75, 3.05) is 11.3 Å². The zero-order valence-corrected chi connectivity index (χ0v) is 11.2. The third-order valence-electron chi connectivity index (χ3n) is 1.93. The summed E-state index contributed by atoms with van der Waals surface area (Å²) < 4.78 is 47.0. The lowest BCUT2D eigenvalue weighted by Crippen LogP contribution is -2.32. The van der Waals surface area contributed by atoms with Crippen molar-refractivity contribution in [1.82, 2.24) is 4.72 Å². The van der Waals surface area contributed by atoms with Crippen molar-refractivity contribution < 1.29 is 16.8 Å². The van der Waals surface area contributed by atoms with Crippen molar-refractivity contribution in [2.24, 2.45) is 0 Å². The van der Waals surface area contributed by atoms with Crippen LogP contribution in [-0.4, -0.2) is 28.2 Å². The number of nitrogens with one attached hydrogen (secondary N) is 1. The van der Waals surface area contributed by atoms with Gasteiger partial charge < -0.3 is 0 Å². The van der Waals surface area contributed by atoms with Crippen molar-refractivity contribution in [3.63, 3.8) is 0 Å². The molecule has 6 nitrogen and oxygen atoms in total. The lowest BCUT2D eigenvalue weighted by molar-refractivity contribution is 0.575. The Kier molecular flexibility index (Phi) is 4.45. The molecule has 0 bridgehead atoms. The van der Waals surface area contributed by atoms with Gasteiger partial charge in [-0.05, 0) is 5.56 Å². The molecule has 0 saturated heterocycles. The van der Waals surface area contributed by atoms with Gasteiger partial charge in [0.05, 0.1) is 6.07 Å². The standard InChI is InChI=1S/C10H12N2O4S2/c1-17(13,14)8-18(15,16)12-10(7-11)9-5-3-2-4-6-9/h2-6,10,12H,8H2,1H3. The molecule has 0 amide bonds. The van der Waals surface area contributed by atoms with Crippen LogP contribution >= 0.6 is 0 Å². The van der Waals surface area contributed by atoms with Gasteiger partial charge in [-0.1, -0.05) is 30.3 Å². The number of hydrogen-bond acceptors (Lipinski definition) is 5. The highest BCUT2D eigenvalue weighted by Crippen LogP contribution is 2.12. The van der Waals surface area contributed by atoms with Gasteiger partial charge in [0.15, 0.2) is 14.9 Å². The molecule has 1 N–H and O–H groups in total. The van der Waals surface area contributed by atoms with Gasteiger partial charge in [-0.2, -0.15) is 9.98 Å². The van der Waals surface area contributed by atoms with Gasteiger partial charge in [0.2, 0.25) is 10.0 Å². The molecular weight excluding hydrogens is 276 g/mol. The molecule has 1 unspecified atom stereocenters. The first-order chi connectivity index (χ1) is 8.23. The largest absolute Gasteiger partial charge is 0.228 e. The molecule has 0 radical (unpaired) electrons. The molecule has 0 aliphatic rings. The minimum atomic E-state index is -4.06. The van der Waals surface area contributed by atoms with Gasteiger partial charge in [-0.25, -0.2) is 16.8 Å². The van der Waals surface area contributed by atoms with Crippen molar-refractivity contribution in [2.45, 2.75) is 6.04 Å². The number of rotatable bonds is 5. The van der Waals surface area contributed by atoms with Crippen molar-refractivity contribution >= 4 is 19.9 Å². The molecule has 0 fully saturated rings. The highest BCUT2D eigenvalue weighted by molar-refractivity contribution is 8.06. The Labute approximate surface area is 106 Å². The summed E-state index contributed by atoms with van der Waals surface area (Å²) in [6, 6.07) is 8.88. The normalized spacial score (nSPS) is 13.8. The van der Waals surface area contributed by atoms with E-state index in [1.54, 1.807) is 36.4 Å². The maximum absolute atomic E-state index is 11.5. The minimum absolute atomic E-state index is 0.456. The molecule has 98 valence electrons. The van der Waals surface area contributed by atoms with Crippen LogP contribution < -0.4 is 4.72 Å². The first kappa shape index (κ1) is 14.6. The van der Waals surface area contributed by atoms with E-state index in [-0.39, 0.29) is 0 Å². The Morgan fingerprint density at radius 1 is 1.22 bits per heavy atom. The fourth-order valence-corrected chi connectivity index (χ4v) is 4.38. The van der Waals surface area contributed by atoms with E-state index in [2.05, 4.69) is 0 Å². The summed E-state index contributed by atoms with van der Waals surface area (Å²) in [4.78, 5) is 0. The maximum Gasteiger partial charge on any atom is 0.227 e. The molecule has 8 heteroatoms. The highest BCUT2D eigenvalue weighted by Gasteiger charge is 2.23. The summed E-state index contributed by atoms with van der Waals surface area (Å²) in [5, 5.41) is 7.88. The van der Waals surface area contributed by atoms with Crippen molar-refractivity contribution in [1.29, 1.82) is 5.26 Å². The molecule has 0 spiro atoms. The monoisotopic (exact) mass is 288 g/mol. The van der Waals surface area contributed by atoms with Gasteiger partial charge >= 0.3 is 0 Å². The van der Waals surface area contributed by atoms with Crippen LogP contribution in [0.15, 0.2) is 30.3 Å². The zero-order chi connectivity index (χ0) is 13.8. The van der Waals surface area contributed by atoms with Crippen LogP contribution in [0.4, 0.5) is 0 Å². The molecule has 0 aliphatic carbocycles. The molecular formula is C10H12N2O4S2. The zero-order valence-electron chi connectivity index (χ0n) is 9.57. The van der Waals surface area contributed by atoms with E-state index in [9.17, 15) is 16.8 Å². The third kappa shape index (κ3) is 4.83. The summed E-state index contributed by atoms with van der Waals surface area (Å²) >= 11 is 0. The molecule has 18 heavy (non-hydrogen) atoms. The quantitative estimate of drug-likeness (QED) is 0.831. The van der Waals surface area contributed by atoms with Gasteiger partial charge in [-0.15, -0.1) is 0 Å². The second-order valence-electron chi connectivity index (χ2n) is 3.75. The number of nitriles is 1. The Hall–Kier alpha value is -1.43. The van der Waals surface area contributed by atoms with Gasteiger partial charge in [0, 0.05) is 6.26 Å². The SMILES string of the molecule is CS(=O)(=O)CS(=O)(=O)NC(C#N)c1ccccc1. The Morgan fingerprint density at radius 2 is 1.78 bits per heavy atom. The van der Waals surface area contributed by atoms with E-state index in [4.69, 9.17) is 5.26 Å². The molecule has 0 saturated carbocycles. The second-order valence-corrected chi connectivity index (χ2v) is 8.01. The van der Waals surface area contributed by atoms with E-state index in [1.165, 1.54) is 0 Å². The van der Waals surface area contributed by atoms with Crippen LogP contribution in [0.1, 0.15) is 11.6 Å². The predicted molar refractivity (Wildman–Crippen MR) is 66.6 cm³/mol. The number of nitrogens with zero attached hydrogens (tertiary/aromatic N) is 1. The molecule has 0 heterocycles. The third-order valence-corrected chi connectivity index (χ3v) is 5.48. The van der Waals surface area contributed by atoms with E-state index in [0.717, 1.165) is 6.26 Å². The first-order valence-corrected chi connectivity index (χ1v) is 8.57. The fourth-order valence-electron chi connectivity index (χ4n) is 1.31. The Bertz CT molecular complexity index is 645. The highest BCUT2D eigenvalue weighted by atomic mass is 32.3. The van der Waals surface area contributed by atoms with E-state index in [0.29, 0.717) is 5.56 Å². The topological polar surface area (TPSA) is 104 Å². The van der Waals surface area contributed by atoms with Gasteiger partial charge in [0.1, 0.15) is 6.04 Å². The lowest BCUT2D eigenvalue weighted by Gasteiger charge is -2.11. The Balaban J connectivity index is 2.93. The van der Waals surface area contributed by atoms with Crippen LogP contribution in [0.2, 0.25) is 0 Å². The molecule has 1 rings (SSSR count). The molecule has 0 aliphatic heterocycles.